The molecule has 0 saturated heterocycles. The lowest BCUT2D eigenvalue weighted by molar-refractivity contribution is -0.137. The summed E-state index contributed by atoms with van der Waals surface area (Å²) >= 11 is 6.10. The van der Waals surface area contributed by atoms with Crippen LogP contribution in [0.5, 0.6) is 0 Å². The minimum absolute atomic E-state index is 0.0201. The van der Waals surface area contributed by atoms with E-state index in [9.17, 15) is 13.2 Å². The zero-order chi connectivity index (χ0) is 16.6. The van der Waals surface area contributed by atoms with E-state index in [4.69, 9.17) is 11.6 Å². The van der Waals surface area contributed by atoms with E-state index in [1.165, 1.54) is 22.9 Å². The van der Waals surface area contributed by atoms with Crippen LogP contribution >= 0.6 is 11.6 Å². The number of aromatic nitrogens is 3. The Balaban J connectivity index is 2.16. The molecule has 0 spiro atoms. The standard InChI is InChI=1S/C16H11ClF3N3/c1-23-15(10-6-2-4-8-12(10)16(18,19)20)21-14(22-23)11-7-3-5-9-13(11)17/h2-9H,1H3. The molecule has 0 amide bonds. The first-order valence-corrected chi connectivity index (χ1v) is 7.08. The van der Waals surface area contributed by atoms with Gasteiger partial charge in [0.2, 0.25) is 0 Å². The van der Waals surface area contributed by atoms with Gasteiger partial charge in [0.1, 0.15) is 0 Å². The van der Waals surface area contributed by atoms with Crippen molar-refractivity contribution < 1.29 is 13.2 Å². The molecular formula is C16H11ClF3N3. The Labute approximate surface area is 135 Å². The van der Waals surface area contributed by atoms with Crippen LogP contribution in [0.15, 0.2) is 48.5 Å². The van der Waals surface area contributed by atoms with Gasteiger partial charge in [0.05, 0.1) is 10.6 Å². The second-order valence-corrected chi connectivity index (χ2v) is 5.31. The third-order valence-electron chi connectivity index (χ3n) is 3.35. The SMILES string of the molecule is Cn1nc(-c2ccccc2Cl)nc1-c1ccccc1C(F)(F)F. The van der Waals surface area contributed by atoms with Crippen LogP contribution in [-0.2, 0) is 13.2 Å². The van der Waals surface area contributed by atoms with Gasteiger partial charge in [-0.2, -0.15) is 18.3 Å². The molecule has 1 aromatic heterocycles. The zero-order valence-corrected chi connectivity index (χ0v) is 12.7. The molecule has 118 valence electrons. The van der Waals surface area contributed by atoms with E-state index in [1.54, 1.807) is 31.3 Å². The van der Waals surface area contributed by atoms with Gasteiger partial charge in [-0.05, 0) is 18.2 Å². The summed E-state index contributed by atoms with van der Waals surface area (Å²) < 4.78 is 40.9. The van der Waals surface area contributed by atoms with Crippen molar-refractivity contribution in [2.75, 3.05) is 0 Å². The fourth-order valence-corrected chi connectivity index (χ4v) is 2.52. The highest BCUT2D eigenvalue weighted by molar-refractivity contribution is 6.33. The van der Waals surface area contributed by atoms with E-state index in [1.807, 2.05) is 0 Å². The third-order valence-corrected chi connectivity index (χ3v) is 3.68. The lowest BCUT2D eigenvalue weighted by atomic mass is 10.1. The highest BCUT2D eigenvalue weighted by Crippen LogP contribution is 2.37. The van der Waals surface area contributed by atoms with Gasteiger partial charge < -0.3 is 0 Å². The van der Waals surface area contributed by atoms with Crippen molar-refractivity contribution in [2.24, 2.45) is 7.05 Å². The Morgan fingerprint density at radius 2 is 1.57 bits per heavy atom. The van der Waals surface area contributed by atoms with E-state index in [0.29, 0.717) is 10.6 Å². The molecule has 0 aliphatic heterocycles. The first kappa shape index (κ1) is 15.6. The molecule has 7 heteroatoms. The molecule has 0 atom stereocenters. The summed E-state index contributed by atoms with van der Waals surface area (Å²) in [7, 11) is 1.55. The topological polar surface area (TPSA) is 30.7 Å². The van der Waals surface area contributed by atoms with E-state index < -0.39 is 11.7 Å². The second kappa shape index (κ2) is 5.70. The molecule has 0 N–H and O–H groups in total. The number of benzene rings is 2. The summed E-state index contributed by atoms with van der Waals surface area (Å²) in [6.07, 6.45) is -4.47. The molecule has 2 aromatic carbocycles. The Bertz CT molecular complexity index is 856. The van der Waals surface area contributed by atoms with Crippen LogP contribution in [0.1, 0.15) is 5.56 Å². The molecule has 0 aliphatic carbocycles. The van der Waals surface area contributed by atoms with Crippen LogP contribution in [0, 0.1) is 0 Å². The number of hydrogen-bond donors (Lipinski definition) is 0. The van der Waals surface area contributed by atoms with Gasteiger partial charge in [-0.1, -0.05) is 41.9 Å². The average molecular weight is 338 g/mol. The van der Waals surface area contributed by atoms with Crippen molar-refractivity contribution in [3.8, 4) is 22.8 Å². The smallest absolute Gasteiger partial charge is 0.248 e. The van der Waals surface area contributed by atoms with Crippen molar-refractivity contribution in [3.63, 3.8) is 0 Å². The highest BCUT2D eigenvalue weighted by atomic mass is 35.5. The molecule has 0 aliphatic rings. The molecule has 3 rings (SSSR count). The van der Waals surface area contributed by atoms with E-state index >= 15 is 0 Å². The number of rotatable bonds is 2. The maximum Gasteiger partial charge on any atom is 0.417 e. The molecule has 0 bridgehead atoms. The average Bonchev–Trinajstić information content (AvgIpc) is 2.88. The fourth-order valence-electron chi connectivity index (χ4n) is 2.30. The minimum Gasteiger partial charge on any atom is -0.248 e. The van der Waals surface area contributed by atoms with Gasteiger partial charge in [0.15, 0.2) is 11.6 Å². The predicted octanol–water partition coefficient (Wildman–Crippen LogP) is 4.82. The number of alkyl halides is 3. The molecule has 0 unspecified atom stereocenters. The Morgan fingerprint density at radius 3 is 2.22 bits per heavy atom. The molecule has 0 fully saturated rings. The quantitative estimate of drug-likeness (QED) is 0.671. The third kappa shape index (κ3) is 2.94. The summed E-state index contributed by atoms with van der Waals surface area (Å²) in [5.74, 6) is 0.415. The monoisotopic (exact) mass is 337 g/mol. The largest absolute Gasteiger partial charge is 0.417 e. The van der Waals surface area contributed by atoms with Crippen molar-refractivity contribution >= 4 is 11.6 Å². The van der Waals surface area contributed by atoms with Gasteiger partial charge in [0, 0.05) is 18.2 Å². The highest BCUT2D eigenvalue weighted by Gasteiger charge is 2.34. The Morgan fingerprint density at radius 1 is 0.957 bits per heavy atom. The number of aryl methyl sites for hydroxylation is 1. The lowest BCUT2D eigenvalue weighted by Crippen LogP contribution is -2.08. The molecule has 0 saturated carbocycles. The number of nitrogens with zero attached hydrogens (tertiary/aromatic N) is 3. The van der Waals surface area contributed by atoms with Crippen LogP contribution in [0.3, 0.4) is 0 Å². The normalized spacial score (nSPS) is 11.7. The summed E-state index contributed by atoms with van der Waals surface area (Å²) in [5.41, 5.74) is -0.199. The predicted molar refractivity (Wildman–Crippen MR) is 81.9 cm³/mol. The summed E-state index contributed by atoms with van der Waals surface area (Å²) in [6, 6.07) is 12.2. The first-order chi connectivity index (χ1) is 10.9. The van der Waals surface area contributed by atoms with Crippen LogP contribution in [0.2, 0.25) is 5.02 Å². The van der Waals surface area contributed by atoms with Gasteiger partial charge in [-0.3, -0.25) is 0 Å². The lowest BCUT2D eigenvalue weighted by Gasteiger charge is -2.11. The molecule has 0 radical (unpaired) electrons. The van der Waals surface area contributed by atoms with Crippen LogP contribution in [0.25, 0.3) is 22.8 Å². The maximum atomic E-state index is 13.2. The number of hydrogen-bond acceptors (Lipinski definition) is 2. The van der Waals surface area contributed by atoms with E-state index in [-0.39, 0.29) is 17.2 Å². The Hall–Kier alpha value is -2.34. The van der Waals surface area contributed by atoms with Gasteiger partial charge in [-0.15, -0.1) is 0 Å². The summed E-state index contributed by atoms with van der Waals surface area (Å²) in [6.45, 7) is 0. The van der Waals surface area contributed by atoms with E-state index in [0.717, 1.165) is 6.07 Å². The van der Waals surface area contributed by atoms with Crippen molar-refractivity contribution in [2.45, 2.75) is 6.18 Å². The van der Waals surface area contributed by atoms with Gasteiger partial charge >= 0.3 is 6.18 Å². The summed E-state index contributed by atoms with van der Waals surface area (Å²) in [4.78, 5) is 4.25. The molecule has 3 nitrogen and oxygen atoms in total. The Kier molecular flexibility index (Phi) is 3.85. The van der Waals surface area contributed by atoms with Crippen molar-refractivity contribution in [1.29, 1.82) is 0 Å². The molecule has 3 aromatic rings. The van der Waals surface area contributed by atoms with Crippen LogP contribution < -0.4 is 0 Å². The zero-order valence-electron chi connectivity index (χ0n) is 12.0. The molecular weight excluding hydrogens is 327 g/mol. The molecule has 1 heterocycles. The van der Waals surface area contributed by atoms with E-state index in [2.05, 4.69) is 10.1 Å². The van der Waals surface area contributed by atoms with Gasteiger partial charge in [-0.25, -0.2) is 9.67 Å². The van der Waals surface area contributed by atoms with Crippen molar-refractivity contribution in [3.05, 3.63) is 59.1 Å². The van der Waals surface area contributed by atoms with Crippen LogP contribution in [-0.4, -0.2) is 14.8 Å². The van der Waals surface area contributed by atoms with Crippen LogP contribution in [0.4, 0.5) is 13.2 Å². The minimum atomic E-state index is -4.47. The first-order valence-electron chi connectivity index (χ1n) is 6.70. The maximum absolute atomic E-state index is 13.2. The second-order valence-electron chi connectivity index (χ2n) is 4.91. The number of halogens is 4. The fraction of sp³-hybridized carbons (Fsp3) is 0.125. The van der Waals surface area contributed by atoms with Crippen molar-refractivity contribution in [1.82, 2.24) is 14.8 Å². The summed E-state index contributed by atoms with van der Waals surface area (Å²) in [5, 5.41) is 4.63. The van der Waals surface area contributed by atoms with Gasteiger partial charge in [0.25, 0.3) is 0 Å². The molecule has 23 heavy (non-hydrogen) atoms.